The summed E-state index contributed by atoms with van der Waals surface area (Å²) in [6.07, 6.45) is 0.263. The molecule has 1 aliphatic heterocycles. The first-order chi connectivity index (χ1) is 12.5. The van der Waals surface area contributed by atoms with Gasteiger partial charge in [-0.15, -0.1) is 0 Å². The van der Waals surface area contributed by atoms with Crippen LogP contribution in [0.2, 0.25) is 5.02 Å². The molecule has 2 aromatic carbocycles. The molecule has 3 rings (SSSR count). The van der Waals surface area contributed by atoms with Gasteiger partial charge in [0.15, 0.2) is 6.61 Å². The van der Waals surface area contributed by atoms with E-state index in [4.69, 9.17) is 21.1 Å². The van der Waals surface area contributed by atoms with Gasteiger partial charge in [-0.1, -0.05) is 11.6 Å². The topological polar surface area (TPSA) is 67.9 Å². The van der Waals surface area contributed by atoms with Crippen LogP contribution >= 0.6 is 11.6 Å². The molecular weight excluding hydrogens is 356 g/mol. The molecule has 1 saturated heterocycles. The van der Waals surface area contributed by atoms with Crippen molar-refractivity contribution in [3.8, 4) is 11.5 Å². The Balaban J connectivity index is 1.51. The first-order valence-electron chi connectivity index (χ1n) is 8.17. The molecule has 26 heavy (non-hydrogen) atoms. The van der Waals surface area contributed by atoms with Gasteiger partial charge in [-0.25, -0.2) is 0 Å². The molecule has 1 unspecified atom stereocenters. The van der Waals surface area contributed by atoms with E-state index in [0.29, 0.717) is 17.3 Å². The molecule has 1 atom stereocenters. The molecule has 1 heterocycles. The fraction of sp³-hybridized carbons (Fsp3) is 0.263. The van der Waals surface area contributed by atoms with Gasteiger partial charge >= 0.3 is 0 Å². The number of halogens is 1. The summed E-state index contributed by atoms with van der Waals surface area (Å²) in [6.45, 7) is 0.312. The van der Waals surface area contributed by atoms with Gasteiger partial charge < -0.3 is 19.7 Å². The average molecular weight is 375 g/mol. The molecule has 2 amide bonds. The predicted molar refractivity (Wildman–Crippen MR) is 98.8 cm³/mol. The number of hydrogen-bond donors (Lipinski definition) is 1. The van der Waals surface area contributed by atoms with Crippen LogP contribution in [-0.4, -0.2) is 38.1 Å². The predicted octanol–water partition coefficient (Wildman–Crippen LogP) is 2.65. The third-order valence-corrected chi connectivity index (χ3v) is 4.31. The van der Waals surface area contributed by atoms with Crippen LogP contribution in [0.25, 0.3) is 0 Å². The average Bonchev–Trinajstić information content (AvgIpc) is 3.01. The first-order valence-corrected chi connectivity index (χ1v) is 8.55. The van der Waals surface area contributed by atoms with E-state index in [9.17, 15) is 9.59 Å². The number of rotatable bonds is 6. The molecule has 0 saturated carbocycles. The molecule has 0 spiro atoms. The summed E-state index contributed by atoms with van der Waals surface area (Å²) >= 11 is 5.80. The van der Waals surface area contributed by atoms with E-state index in [1.54, 1.807) is 48.4 Å². The highest BCUT2D eigenvalue weighted by molar-refractivity contribution is 6.30. The Morgan fingerprint density at radius 2 is 1.81 bits per heavy atom. The zero-order valence-corrected chi connectivity index (χ0v) is 15.0. The maximum absolute atomic E-state index is 12.2. The van der Waals surface area contributed by atoms with E-state index in [2.05, 4.69) is 5.32 Å². The monoisotopic (exact) mass is 374 g/mol. The van der Waals surface area contributed by atoms with Crippen LogP contribution in [0.4, 0.5) is 5.69 Å². The highest BCUT2D eigenvalue weighted by Crippen LogP contribution is 2.24. The highest BCUT2D eigenvalue weighted by atomic mass is 35.5. The summed E-state index contributed by atoms with van der Waals surface area (Å²) in [4.78, 5) is 26.0. The smallest absolute Gasteiger partial charge is 0.258 e. The number of nitrogens with zero attached hydrogens (tertiary/aromatic N) is 1. The molecule has 1 aliphatic rings. The zero-order chi connectivity index (χ0) is 18.5. The van der Waals surface area contributed by atoms with Crippen LogP contribution in [-0.2, 0) is 9.59 Å². The molecule has 0 radical (unpaired) electrons. The Kier molecular flexibility index (Phi) is 5.63. The Morgan fingerprint density at radius 1 is 1.15 bits per heavy atom. The molecule has 136 valence electrons. The zero-order valence-electron chi connectivity index (χ0n) is 14.3. The Bertz CT molecular complexity index is 777. The van der Waals surface area contributed by atoms with Crippen LogP contribution in [0, 0.1) is 0 Å². The van der Waals surface area contributed by atoms with E-state index in [-0.39, 0.29) is 30.9 Å². The minimum atomic E-state index is -0.269. The summed E-state index contributed by atoms with van der Waals surface area (Å²) in [7, 11) is 1.59. The van der Waals surface area contributed by atoms with Crippen LogP contribution in [0.1, 0.15) is 6.42 Å². The number of benzene rings is 2. The third-order valence-electron chi connectivity index (χ3n) is 4.06. The SMILES string of the molecule is COc1ccc(N2CC(NC(=O)COc3ccc(Cl)cc3)CC2=O)cc1. The first kappa shape index (κ1) is 18.1. The lowest BCUT2D eigenvalue weighted by Crippen LogP contribution is -2.39. The summed E-state index contributed by atoms with van der Waals surface area (Å²) in [5, 5.41) is 3.44. The number of hydrogen-bond acceptors (Lipinski definition) is 4. The minimum absolute atomic E-state index is 0.0286. The van der Waals surface area contributed by atoms with Crippen molar-refractivity contribution in [3.63, 3.8) is 0 Å². The van der Waals surface area contributed by atoms with Gasteiger partial charge in [0.05, 0.1) is 13.2 Å². The lowest BCUT2D eigenvalue weighted by atomic mass is 10.2. The van der Waals surface area contributed by atoms with Gasteiger partial charge in [-0.05, 0) is 48.5 Å². The lowest BCUT2D eigenvalue weighted by Gasteiger charge is -2.17. The van der Waals surface area contributed by atoms with Gasteiger partial charge in [0, 0.05) is 23.7 Å². The minimum Gasteiger partial charge on any atom is -0.497 e. The number of anilines is 1. The molecule has 7 heteroatoms. The maximum atomic E-state index is 12.2. The summed E-state index contributed by atoms with van der Waals surface area (Å²) in [6, 6.07) is 13.8. The van der Waals surface area contributed by atoms with Crippen molar-refractivity contribution in [1.29, 1.82) is 0 Å². The number of carbonyl (C=O) groups is 2. The van der Waals surface area contributed by atoms with E-state index in [1.165, 1.54) is 0 Å². The van der Waals surface area contributed by atoms with E-state index in [0.717, 1.165) is 11.4 Å². The molecule has 2 aromatic rings. The fourth-order valence-electron chi connectivity index (χ4n) is 2.77. The Labute approximate surface area is 156 Å². The number of amides is 2. The molecule has 0 aromatic heterocycles. The van der Waals surface area contributed by atoms with Gasteiger partial charge in [0.25, 0.3) is 5.91 Å². The number of nitrogens with one attached hydrogen (secondary N) is 1. The second-order valence-corrected chi connectivity index (χ2v) is 6.35. The van der Waals surface area contributed by atoms with Crippen molar-refractivity contribution in [3.05, 3.63) is 53.6 Å². The standard InChI is InChI=1S/C19H19ClN2O4/c1-25-16-8-4-15(5-9-16)22-11-14(10-19(22)24)21-18(23)12-26-17-6-2-13(20)3-7-17/h2-9,14H,10-12H2,1H3,(H,21,23). The second-order valence-electron chi connectivity index (χ2n) is 5.91. The lowest BCUT2D eigenvalue weighted by molar-refractivity contribution is -0.123. The van der Waals surface area contributed by atoms with Crippen LogP contribution in [0.15, 0.2) is 48.5 Å². The van der Waals surface area contributed by atoms with Crippen LogP contribution < -0.4 is 19.7 Å². The molecule has 1 fully saturated rings. The van der Waals surface area contributed by atoms with E-state index < -0.39 is 0 Å². The molecular formula is C19H19ClN2O4. The second kappa shape index (κ2) is 8.10. The van der Waals surface area contributed by atoms with Gasteiger partial charge in [0.2, 0.25) is 5.91 Å². The Morgan fingerprint density at radius 3 is 2.46 bits per heavy atom. The van der Waals surface area contributed by atoms with Crippen LogP contribution in [0.5, 0.6) is 11.5 Å². The van der Waals surface area contributed by atoms with Crippen molar-refractivity contribution < 1.29 is 19.1 Å². The summed E-state index contributed by atoms with van der Waals surface area (Å²) in [5.74, 6) is 0.991. The summed E-state index contributed by atoms with van der Waals surface area (Å²) < 4.78 is 10.5. The van der Waals surface area contributed by atoms with Gasteiger partial charge in [0.1, 0.15) is 11.5 Å². The van der Waals surface area contributed by atoms with Crippen molar-refractivity contribution >= 4 is 29.1 Å². The van der Waals surface area contributed by atoms with Crippen molar-refractivity contribution in [1.82, 2.24) is 5.32 Å². The van der Waals surface area contributed by atoms with Crippen molar-refractivity contribution in [2.45, 2.75) is 12.5 Å². The molecule has 0 aliphatic carbocycles. The molecule has 1 N–H and O–H groups in total. The maximum Gasteiger partial charge on any atom is 0.258 e. The fourth-order valence-corrected chi connectivity index (χ4v) is 2.89. The molecule has 6 nitrogen and oxygen atoms in total. The third kappa shape index (κ3) is 4.46. The van der Waals surface area contributed by atoms with E-state index in [1.807, 2.05) is 12.1 Å². The largest absolute Gasteiger partial charge is 0.497 e. The highest BCUT2D eigenvalue weighted by Gasteiger charge is 2.31. The number of ether oxygens (including phenoxy) is 2. The van der Waals surface area contributed by atoms with Crippen molar-refractivity contribution in [2.24, 2.45) is 0 Å². The molecule has 0 bridgehead atoms. The van der Waals surface area contributed by atoms with Gasteiger partial charge in [-0.2, -0.15) is 0 Å². The quantitative estimate of drug-likeness (QED) is 0.844. The van der Waals surface area contributed by atoms with Gasteiger partial charge in [-0.3, -0.25) is 9.59 Å². The van der Waals surface area contributed by atoms with E-state index >= 15 is 0 Å². The number of carbonyl (C=O) groups excluding carboxylic acids is 2. The van der Waals surface area contributed by atoms with Crippen molar-refractivity contribution in [2.75, 3.05) is 25.2 Å². The van der Waals surface area contributed by atoms with Crippen LogP contribution in [0.3, 0.4) is 0 Å². The number of methoxy groups -OCH3 is 1. The Hall–Kier alpha value is -2.73. The summed E-state index contributed by atoms with van der Waals surface area (Å²) in [5.41, 5.74) is 0.782. The normalized spacial score (nSPS) is 16.5.